The Bertz CT molecular complexity index is 823. The summed E-state index contributed by atoms with van der Waals surface area (Å²) in [6.07, 6.45) is 0. The second-order valence-electron chi connectivity index (χ2n) is 5.73. The molecule has 2 aromatic rings. The first-order valence-electron chi connectivity index (χ1n) is 7.89. The Morgan fingerprint density at radius 1 is 1.12 bits per heavy atom. The minimum Gasteiger partial charge on any atom is -0.497 e. The molecule has 0 saturated heterocycles. The zero-order chi connectivity index (χ0) is 19.3. The average molecular weight is 421 g/mol. The SMILES string of the molecule is COc1ccc(C(=O)N(C)CC(=O)Nc2ccc(Br)cc2C)c(OC)c1. The molecule has 0 aliphatic heterocycles. The van der Waals surface area contributed by atoms with E-state index in [4.69, 9.17) is 9.47 Å². The number of carbonyl (C=O) groups is 2. The molecule has 7 heteroatoms. The van der Waals surface area contributed by atoms with Gasteiger partial charge in [0.1, 0.15) is 11.5 Å². The van der Waals surface area contributed by atoms with Crippen LogP contribution >= 0.6 is 15.9 Å². The summed E-state index contributed by atoms with van der Waals surface area (Å²) in [7, 11) is 4.59. The van der Waals surface area contributed by atoms with Gasteiger partial charge in [-0.05, 0) is 42.8 Å². The molecule has 0 heterocycles. The lowest BCUT2D eigenvalue weighted by Gasteiger charge is -2.19. The second kappa shape index (κ2) is 8.71. The molecule has 2 rings (SSSR count). The van der Waals surface area contributed by atoms with Gasteiger partial charge in [0.05, 0.1) is 26.3 Å². The fourth-order valence-electron chi connectivity index (χ4n) is 2.43. The molecule has 0 aliphatic carbocycles. The van der Waals surface area contributed by atoms with Gasteiger partial charge in [0.15, 0.2) is 0 Å². The summed E-state index contributed by atoms with van der Waals surface area (Å²) < 4.78 is 11.3. The minimum absolute atomic E-state index is 0.0798. The Kier molecular flexibility index (Phi) is 6.63. The van der Waals surface area contributed by atoms with E-state index >= 15 is 0 Å². The van der Waals surface area contributed by atoms with Crippen LogP contribution in [0.25, 0.3) is 0 Å². The number of hydrogen-bond acceptors (Lipinski definition) is 4. The largest absolute Gasteiger partial charge is 0.497 e. The molecule has 2 amide bonds. The maximum atomic E-state index is 12.6. The van der Waals surface area contributed by atoms with Crippen LogP contribution in [0.2, 0.25) is 0 Å². The van der Waals surface area contributed by atoms with Gasteiger partial charge in [-0.1, -0.05) is 15.9 Å². The van der Waals surface area contributed by atoms with Crippen molar-refractivity contribution in [3.8, 4) is 11.5 Å². The van der Waals surface area contributed by atoms with Crippen LogP contribution < -0.4 is 14.8 Å². The van der Waals surface area contributed by atoms with Crippen LogP contribution in [0, 0.1) is 6.92 Å². The lowest BCUT2D eigenvalue weighted by atomic mass is 10.1. The van der Waals surface area contributed by atoms with Crippen molar-refractivity contribution in [1.29, 1.82) is 0 Å². The number of likely N-dealkylation sites (N-methyl/N-ethyl adjacent to an activating group) is 1. The molecule has 2 aromatic carbocycles. The van der Waals surface area contributed by atoms with Gasteiger partial charge < -0.3 is 19.7 Å². The number of methoxy groups -OCH3 is 2. The van der Waals surface area contributed by atoms with Crippen molar-refractivity contribution >= 4 is 33.4 Å². The van der Waals surface area contributed by atoms with Crippen molar-refractivity contribution in [3.63, 3.8) is 0 Å². The van der Waals surface area contributed by atoms with Gasteiger partial charge in [0, 0.05) is 23.3 Å². The van der Waals surface area contributed by atoms with Crippen LogP contribution in [0.3, 0.4) is 0 Å². The van der Waals surface area contributed by atoms with Crippen LogP contribution in [0.15, 0.2) is 40.9 Å². The van der Waals surface area contributed by atoms with Crippen molar-refractivity contribution < 1.29 is 19.1 Å². The standard InChI is InChI=1S/C19H21BrN2O4/c1-12-9-13(20)5-8-16(12)21-18(23)11-22(2)19(24)15-7-6-14(25-3)10-17(15)26-4/h5-10H,11H2,1-4H3,(H,21,23). The Morgan fingerprint density at radius 3 is 2.46 bits per heavy atom. The lowest BCUT2D eigenvalue weighted by Crippen LogP contribution is -2.35. The van der Waals surface area contributed by atoms with Crippen molar-refractivity contribution in [3.05, 3.63) is 52.0 Å². The second-order valence-corrected chi connectivity index (χ2v) is 6.65. The molecule has 1 N–H and O–H groups in total. The van der Waals surface area contributed by atoms with Crippen LogP contribution in [0.5, 0.6) is 11.5 Å². The van der Waals surface area contributed by atoms with Crippen molar-refractivity contribution in [2.24, 2.45) is 0 Å². The molecule has 0 saturated carbocycles. The average Bonchev–Trinajstić information content (AvgIpc) is 2.62. The fraction of sp³-hybridized carbons (Fsp3) is 0.263. The molecule has 0 bridgehead atoms. The minimum atomic E-state index is -0.313. The summed E-state index contributed by atoms with van der Waals surface area (Å²) >= 11 is 3.39. The molecule has 0 aromatic heterocycles. The molecule has 0 fully saturated rings. The predicted molar refractivity (Wildman–Crippen MR) is 104 cm³/mol. The number of carbonyl (C=O) groups excluding carboxylic acids is 2. The van der Waals surface area contributed by atoms with E-state index in [1.807, 2.05) is 25.1 Å². The lowest BCUT2D eigenvalue weighted by molar-refractivity contribution is -0.116. The number of ether oxygens (including phenoxy) is 2. The van der Waals surface area contributed by atoms with Crippen LogP contribution in [0.4, 0.5) is 5.69 Å². The Labute approximate surface area is 161 Å². The smallest absolute Gasteiger partial charge is 0.257 e. The van der Waals surface area contributed by atoms with Crippen LogP contribution in [-0.2, 0) is 4.79 Å². The van der Waals surface area contributed by atoms with Gasteiger partial charge in [-0.2, -0.15) is 0 Å². The Hall–Kier alpha value is -2.54. The van der Waals surface area contributed by atoms with Gasteiger partial charge in [-0.25, -0.2) is 0 Å². The van der Waals surface area contributed by atoms with Gasteiger partial charge in [-0.15, -0.1) is 0 Å². The normalized spacial score (nSPS) is 10.2. The number of nitrogens with zero attached hydrogens (tertiary/aromatic N) is 1. The third kappa shape index (κ3) is 4.76. The highest BCUT2D eigenvalue weighted by atomic mass is 79.9. The number of rotatable bonds is 6. The maximum Gasteiger partial charge on any atom is 0.257 e. The van der Waals surface area contributed by atoms with Gasteiger partial charge >= 0.3 is 0 Å². The van der Waals surface area contributed by atoms with Gasteiger partial charge in [0.2, 0.25) is 5.91 Å². The highest BCUT2D eigenvalue weighted by Crippen LogP contribution is 2.25. The summed E-state index contributed by atoms with van der Waals surface area (Å²) in [4.78, 5) is 26.3. The van der Waals surface area contributed by atoms with Crippen LogP contribution in [-0.4, -0.2) is 44.5 Å². The summed E-state index contributed by atoms with van der Waals surface area (Å²) in [6, 6.07) is 10.5. The highest BCUT2D eigenvalue weighted by Gasteiger charge is 2.19. The molecule has 0 atom stereocenters. The predicted octanol–water partition coefficient (Wildman–Crippen LogP) is 3.49. The van der Waals surface area contributed by atoms with E-state index < -0.39 is 0 Å². The Morgan fingerprint density at radius 2 is 1.85 bits per heavy atom. The topological polar surface area (TPSA) is 67.9 Å². The first-order valence-corrected chi connectivity index (χ1v) is 8.68. The highest BCUT2D eigenvalue weighted by molar-refractivity contribution is 9.10. The van der Waals surface area contributed by atoms with E-state index in [-0.39, 0.29) is 18.4 Å². The summed E-state index contributed by atoms with van der Waals surface area (Å²) in [5.41, 5.74) is 2.00. The number of amides is 2. The third-order valence-electron chi connectivity index (χ3n) is 3.83. The summed E-state index contributed by atoms with van der Waals surface area (Å²) in [5.74, 6) is 0.390. The van der Waals surface area contributed by atoms with Crippen molar-refractivity contribution in [2.75, 3.05) is 33.1 Å². The van der Waals surface area contributed by atoms with E-state index in [0.29, 0.717) is 22.7 Å². The molecule has 6 nitrogen and oxygen atoms in total. The van der Waals surface area contributed by atoms with Crippen LogP contribution in [0.1, 0.15) is 15.9 Å². The first-order chi connectivity index (χ1) is 12.3. The summed E-state index contributed by atoms with van der Waals surface area (Å²) in [6.45, 7) is 1.82. The van der Waals surface area contributed by atoms with Gasteiger partial charge in [-0.3, -0.25) is 9.59 Å². The number of nitrogens with one attached hydrogen (secondary N) is 1. The molecule has 0 unspecified atom stereocenters. The molecule has 0 aliphatic rings. The van der Waals surface area contributed by atoms with E-state index in [1.54, 1.807) is 25.2 Å². The number of anilines is 1. The Balaban J connectivity index is 2.07. The molecule has 0 spiro atoms. The zero-order valence-electron chi connectivity index (χ0n) is 15.1. The van der Waals surface area contributed by atoms with E-state index in [0.717, 1.165) is 10.0 Å². The van der Waals surface area contributed by atoms with Crippen molar-refractivity contribution in [1.82, 2.24) is 4.90 Å². The monoisotopic (exact) mass is 420 g/mol. The maximum absolute atomic E-state index is 12.6. The number of aryl methyl sites for hydroxylation is 1. The van der Waals surface area contributed by atoms with Crippen molar-refractivity contribution in [2.45, 2.75) is 6.92 Å². The quantitative estimate of drug-likeness (QED) is 0.776. The van der Waals surface area contributed by atoms with Gasteiger partial charge in [0.25, 0.3) is 5.91 Å². The zero-order valence-corrected chi connectivity index (χ0v) is 16.7. The van der Waals surface area contributed by atoms with E-state index in [2.05, 4.69) is 21.2 Å². The third-order valence-corrected chi connectivity index (χ3v) is 4.32. The van der Waals surface area contributed by atoms with E-state index in [9.17, 15) is 9.59 Å². The molecule has 138 valence electrons. The molecule has 26 heavy (non-hydrogen) atoms. The number of benzene rings is 2. The first kappa shape index (κ1) is 19.8. The number of halogens is 1. The number of hydrogen-bond donors (Lipinski definition) is 1. The fourth-order valence-corrected chi connectivity index (χ4v) is 2.90. The van der Waals surface area contributed by atoms with E-state index in [1.165, 1.54) is 19.1 Å². The summed E-state index contributed by atoms with van der Waals surface area (Å²) in [5, 5.41) is 2.82. The molecular formula is C19H21BrN2O4. The molecular weight excluding hydrogens is 400 g/mol. The molecule has 0 radical (unpaired) electrons.